The Bertz CT molecular complexity index is 360. The zero-order valence-electron chi connectivity index (χ0n) is 11.3. The van der Waals surface area contributed by atoms with E-state index in [9.17, 15) is 4.79 Å². The van der Waals surface area contributed by atoms with E-state index in [2.05, 4.69) is 29.5 Å². The molecule has 1 aliphatic heterocycles. The van der Waals surface area contributed by atoms with Gasteiger partial charge in [-0.2, -0.15) is 0 Å². The van der Waals surface area contributed by atoms with E-state index in [0.717, 1.165) is 19.3 Å². The summed E-state index contributed by atoms with van der Waals surface area (Å²) in [6.07, 6.45) is 4.31. The highest BCUT2D eigenvalue weighted by atomic mass is 16.2. The number of amides is 1. The molecule has 0 aromatic rings. The fourth-order valence-electron chi connectivity index (χ4n) is 2.99. The van der Waals surface area contributed by atoms with Crippen LogP contribution in [-0.2, 0) is 4.79 Å². The predicted molar refractivity (Wildman–Crippen MR) is 68.8 cm³/mol. The summed E-state index contributed by atoms with van der Waals surface area (Å²) in [7, 11) is 0. The quantitative estimate of drug-likeness (QED) is 0.731. The molecule has 1 amide bonds. The van der Waals surface area contributed by atoms with Crippen molar-refractivity contribution in [3.8, 4) is 0 Å². The summed E-state index contributed by atoms with van der Waals surface area (Å²) in [6.45, 7) is 8.38. The van der Waals surface area contributed by atoms with Crippen molar-refractivity contribution in [2.24, 2.45) is 10.4 Å². The Balaban J connectivity index is 2.29. The number of nitrogens with zero attached hydrogens (tertiary/aromatic N) is 1. The fourth-order valence-corrected chi connectivity index (χ4v) is 2.99. The second kappa shape index (κ2) is 4.00. The minimum atomic E-state index is -0.445. The lowest BCUT2D eigenvalue weighted by Crippen LogP contribution is -2.59. The Kier molecular flexibility index (Phi) is 2.92. The van der Waals surface area contributed by atoms with Gasteiger partial charge in [0, 0.05) is 6.04 Å². The van der Waals surface area contributed by atoms with Crippen LogP contribution in [0.1, 0.15) is 53.4 Å². The fraction of sp³-hybridized carbons (Fsp3) is 0.846. The molecule has 0 aromatic carbocycles. The van der Waals surface area contributed by atoms with Gasteiger partial charge in [-0.1, -0.05) is 26.7 Å². The zero-order chi connectivity index (χ0) is 12.7. The Morgan fingerprint density at radius 1 is 1.24 bits per heavy atom. The van der Waals surface area contributed by atoms with Crippen molar-refractivity contribution < 1.29 is 4.79 Å². The minimum Gasteiger partial charge on any atom is -0.341 e. The van der Waals surface area contributed by atoms with Crippen molar-refractivity contribution >= 4 is 11.9 Å². The molecule has 0 bridgehead atoms. The number of hydrogen-bond donors (Lipinski definition) is 2. The summed E-state index contributed by atoms with van der Waals surface area (Å²) in [5.74, 6) is 0.751. The van der Waals surface area contributed by atoms with Crippen LogP contribution in [0.4, 0.5) is 0 Å². The molecule has 1 aliphatic carbocycles. The molecule has 1 spiro atoms. The molecule has 2 fully saturated rings. The highest BCUT2D eigenvalue weighted by Gasteiger charge is 2.56. The summed E-state index contributed by atoms with van der Waals surface area (Å²) in [5.41, 5.74) is -0.456. The van der Waals surface area contributed by atoms with Crippen LogP contribution >= 0.6 is 0 Å². The maximum atomic E-state index is 12.3. The van der Waals surface area contributed by atoms with E-state index in [-0.39, 0.29) is 17.4 Å². The van der Waals surface area contributed by atoms with E-state index in [4.69, 9.17) is 0 Å². The Morgan fingerprint density at radius 3 is 2.47 bits per heavy atom. The predicted octanol–water partition coefficient (Wildman–Crippen LogP) is 1.81. The largest absolute Gasteiger partial charge is 0.341 e. The number of carbonyl (C=O) groups is 1. The molecule has 1 heterocycles. The first-order valence-electron chi connectivity index (χ1n) is 6.55. The van der Waals surface area contributed by atoms with Crippen LogP contribution in [0.3, 0.4) is 0 Å². The summed E-state index contributed by atoms with van der Waals surface area (Å²) in [4.78, 5) is 16.7. The molecule has 1 saturated heterocycles. The van der Waals surface area contributed by atoms with Crippen molar-refractivity contribution in [2.75, 3.05) is 0 Å². The highest BCUT2D eigenvalue weighted by Crippen LogP contribution is 2.45. The van der Waals surface area contributed by atoms with Gasteiger partial charge in [0.15, 0.2) is 5.96 Å². The molecule has 1 saturated carbocycles. The van der Waals surface area contributed by atoms with E-state index < -0.39 is 5.54 Å². The third-order valence-corrected chi connectivity index (χ3v) is 4.10. The van der Waals surface area contributed by atoms with Gasteiger partial charge in [0.1, 0.15) is 5.54 Å². The minimum absolute atomic E-state index is 0.0103. The molecule has 2 aliphatic rings. The summed E-state index contributed by atoms with van der Waals surface area (Å²) in [6, 6.07) is 0.194. The topological polar surface area (TPSA) is 53.5 Å². The van der Waals surface area contributed by atoms with E-state index in [0.29, 0.717) is 5.96 Å². The third-order valence-electron chi connectivity index (χ3n) is 4.10. The molecule has 1 atom stereocenters. The molecule has 96 valence electrons. The van der Waals surface area contributed by atoms with Gasteiger partial charge in [-0.15, -0.1) is 0 Å². The van der Waals surface area contributed by atoms with Crippen molar-refractivity contribution in [1.82, 2.24) is 10.6 Å². The first-order chi connectivity index (χ1) is 7.87. The SMILES string of the molecule is CC(C)N=C1NC(=O)C2(CCCCC2(C)C)N1. The lowest BCUT2D eigenvalue weighted by Gasteiger charge is -2.45. The van der Waals surface area contributed by atoms with E-state index in [1.165, 1.54) is 6.42 Å². The molecule has 2 rings (SSSR count). The molecule has 4 heteroatoms. The van der Waals surface area contributed by atoms with Crippen molar-refractivity contribution in [1.29, 1.82) is 0 Å². The first-order valence-corrected chi connectivity index (χ1v) is 6.55. The molecule has 0 aromatic heterocycles. The molecular weight excluding hydrogens is 214 g/mol. The molecular formula is C13H23N3O. The normalized spacial score (nSPS) is 34.2. The van der Waals surface area contributed by atoms with Crippen LogP contribution in [0.15, 0.2) is 4.99 Å². The Hall–Kier alpha value is -1.06. The van der Waals surface area contributed by atoms with Crippen LogP contribution < -0.4 is 10.6 Å². The van der Waals surface area contributed by atoms with Gasteiger partial charge in [-0.25, -0.2) is 0 Å². The molecule has 0 radical (unpaired) electrons. The van der Waals surface area contributed by atoms with Crippen LogP contribution in [-0.4, -0.2) is 23.4 Å². The van der Waals surface area contributed by atoms with Gasteiger partial charge < -0.3 is 5.32 Å². The van der Waals surface area contributed by atoms with E-state index in [1.807, 2.05) is 13.8 Å². The van der Waals surface area contributed by atoms with Gasteiger partial charge in [-0.3, -0.25) is 15.1 Å². The summed E-state index contributed by atoms with van der Waals surface area (Å²) >= 11 is 0. The second-order valence-electron chi connectivity index (χ2n) is 6.15. The highest BCUT2D eigenvalue weighted by molar-refractivity contribution is 6.09. The van der Waals surface area contributed by atoms with Gasteiger partial charge >= 0.3 is 0 Å². The van der Waals surface area contributed by atoms with Gasteiger partial charge in [0.05, 0.1) is 0 Å². The van der Waals surface area contributed by atoms with Crippen LogP contribution in [0.25, 0.3) is 0 Å². The average molecular weight is 237 g/mol. The van der Waals surface area contributed by atoms with E-state index >= 15 is 0 Å². The average Bonchev–Trinajstić information content (AvgIpc) is 2.49. The van der Waals surface area contributed by atoms with Crippen LogP contribution in [0.5, 0.6) is 0 Å². The van der Waals surface area contributed by atoms with E-state index in [1.54, 1.807) is 0 Å². The lowest BCUT2D eigenvalue weighted by molar-refractivity contribution is -0.130. The number of rotatable bonds is 1. The number of nitrogens with one attached hydrogen (secondary N) is 2. The number of carbonyl (C=O) groups excluding carboxylic acids is 1. The monoisotopic (exact) mass is 237 g/mol. The molecule has 4 nitrogen and oxygen atoms in total. The Morgan fingerprint density at radius 2 is 1.88 bits per heavy atom. The maximum absolute atomic E-state index is 12.3. The van der Waals surface area contributed by atoms with Gasteiger partial charge in [-0.05, 0) is 32.1 Å². The van der Waals surface area contributed by atoms with Gasteiger partial charge in [0.2, 0.25) is 0 Å². The van der Waals surface area contributed by atoms with Crippen molar-refractivity contribution in [3.63, 3.8) is 0 Å². The van der Waals surface area contributed by atoms with Crippen LogP contribution in [0.2, 0.25) is 0 Å². The zero-order valence-corrected chi connectivity index (χ0v) is 11.3. The number of guanidine groups is 1. The summed E-state index contributed by atoms with van der Waals surface area (Å²) < 4.78 is 0. The Labute approximate surface area is 103 Å². The number of hydrogen-bond acceptors (Lipinski definition) is 2. The van der Waals surface area contributed by atoms with Crippen molar-refractivity contribution in [2.45, 2.75) is 65.0 Å². The second-order valence-corrected chi connectivity index (χ2v) is 6.15. The molecule has 17 heavy (non-hydrogen) atoms. The third kappa shape index (κ3) is 1.94. The van der Waals surface area contributed by atoms with Gasteiger partial charge in [0.25, 0.3) is 5.91 Å². The van der Waals surface area contributed by atoms with Crippen molar-refractivity contribution in [3.05, 3.63) is 0 Å². The first kappa shape index (κ1) is 12.4. The smallest absolute Gasteiger partial charge is 0.252 e. The number of aliphatic imine (C=N–C) groups is 1. The van der Waals surface area contributed by atoms with Crippen LogP contribution in [0, 0.1) is 5.41 Å². The molecule has 2 N–H and O–H groups in total. The standard InChI is InChI=1S/C13H23N3O/c1-9(2)14-11-15-10(17)13(16-11)8-6-5-7-12(13,3)4/h9H,5-8H2,1-4H3,(H2,14,15,16,17). The molecule has 1 unspecified atom stereocenters. The maximum Gasteiger partial charge on any atom is 0.252 e. The summed E-state index contributed by atoms with van der Waals surface area (Å²) in [5, 5.41) is 6.27. The lowest BCUT2D eigenvalue weighted by atomic mass is 9.63.